The molecule has 0 aliphatic carbocycles. The second-order valence-electron chi connectivity index (χ2n) is 4.76. The molecule has 1 aliphatic heterocycles. The average Bonchev–Trinajstić information content (AvgIpc) is 2.52. The monoisotopic (exact) mass is 263 g/mol. The van der Waals surface area contributed by atoms with Gasteiger partial charge in [0.1, 0.15) is 0 Å². The van der Waals surface area contributed by atoms with Crippen molar-refractivity contribution in [2.45, 2.75) is 53.9 Å². The van der Waals surface area contributed by atoms with Crippen molar-refractivity contribution in [2.24, 2.45) is 5.92 Å². The lowest BCUT2D eigenvalue weighted by Gasteiger charge is -2.30. The summed E-state index contributed by atoms with van der Waals surface area (Å²) in [5.41, 5.74) is 1.47. The van der Waals surface area contributed by atoms with E-state index in [1.54, 1.807) is 0 Å². The molecule has 19 heavy (non-hydrogen) atoms. The molecule has 1 heterocycles. The van der Waals surface area contributed by atoms with Gasteiger partial charge in [0, 0.05) is 6.54 Å². The van der Waals surface area contributed by atoms with Crippen molar-refractivity contribution in [1.82, 2.24) is 4.90 Å². The number of benzene rings is 1. The highest BCUT2D eigenvalue weighted by molar-refractivity contribution is 5.14. The van der Waals surface area contributed by atoms with Crippen LogP contribution in [0.4, 0.5) is 0 Å². The molecule has 0 N–H and O–H groups in total. The SMILES string of the molecule is CC.CC.CC1CCN(CCc2ccccc2)CC1. The third-order valence-electron chi connectivity index (χ3n) is 3.44. The maximum absolute atomic E-state index is 2.60. The zero-order chi connectivity index (χ0) is 14.5. The Bertz CT molecular complexity index is 273. The molecule has 1 saturated heterocycles. The normalized spacial score (nSPS) is 15.8. The summed E-state index contributed by atoms with van der Waals surface area (Å²) in [4.78, 5) is 2.60. The Morgan fingerprint density at radius 3 is 2.00 bits per heavy atom. The van der Waals surface area contributed by atoms with E-state index in [-0.39, 0.29) is 0 Å². The van der Waals surface area contributed by atoms with Crippen molar-refractivity contribution in [1.29, 1.82) is 0 Å². The van der Waals surface area contributed by atoms with E-state index in [0.29, 0.717) is 0 Å². The van der Waals surface area contributed by atoms with Crippen LogP contribution in [0.2, 0.25) is 0 Å². The number of rotatable bonds is 3. The first-order chi connectivity index (χ1) is 9.34. The smallest absolute Gasteiger partial charge is 0.00218 e. The lowest BCUT2D eigenvalue weighted by Crippen LogP contribution is -2.34. The minimum Gasteiger partial charge on any atom is -0.303 e. The molecule has 0 spiro atoms. The third-order valence-corrected chi connectivity index (χ3v) is 3.44. The fraction of sp³-hybridized carbons (Fsp3) is 0.667. The summed E-state index contributed by atoms with van der Waals surface area (Å²) in [7, 11) is 0. The topological polar surface area (TPSA) is 3.24 Å². The first kappa shape index (κ1) is 18.2. The van der Waals surface area contributed by atoms with E-state index < -0.39 is 0 Å². The molecule has 1 fully saturated rings. The van der Waals surface area contributed by atoms with Gasteiger partial charge in [-0.05, 0) is 43.8 Å². The quantitative estimate of drug-likeness (QED) is 0.740. The standard InChI is InChI=1S/C14H21N.2C2H6/c1-13-7-10-15(11-8-13)12-9-14-5-3-2-4-6-14;2*1-2/h2-6,13H,7-12H2,1H3;2*1-2H3. The van der Waals surface area contributed by atoms with Crippen LogP contribution in [-0.2, 0) is 6.42 Å². The molecule has 0 bridgehead atoms. The maximum Gasteiger partial charge on any atom is 0.00218 e. The molecule has 0 radical (unpaired) electrons. The molecule has 0 saturated carbocycles. The summed E-state index contributed by atoms with van der Waals surface area (Å²) < 4.78 is 0. The number of piperidine rings is 1. The third kappa shape index (κ3) is 8.05. The second-order valence-corrected chi connectivity index (χ2v) is 4.76. The fourth-order valence-corrected chi connectivity index (χ4v) is 2.22. The van der Waals surface area contributed by atoms with Crippen LogP contribution >= 0.6 is 0 Å². The molecule has 1 aliphatic rings. The molecule has 0 unspecified atom stereocenters. The first-order valence-corrected chi connectivity index (χ1v) is 8.11. The van der Waals surface area contributed by atoms with E-state index in [0.717, 1.165) is 5.92 Å². The Morgan fingerprint density at radius 1 is 0.947 bits per heavy atom. The second kappa shape index (κ2) is 12.2. The zero-order valence-electron chi connectivity index (χ0n) is 13.7. The zero-order valence-corrected chi connectivity index (χ0v) is 13.7. The van der Waals surface area contributed by atoms with Crippen LogP contribution in [0.1, 0.15) is 53.0 Å². The minimum absolute atomic E-state index is 0.943. The summed E-state index contributed by atoms with van der Waals surface area (Å²) in [6, 6.07) is 10.8. The highest BCUT2D eigenvalue weighted by Crippen LogP contribution is 2.16. The van der Waals surface area contributed by atoms with E-state index in [1.807, 2.05) is 27.7 Å². The fourth-order valence-electron chi connectivity index (χ4n) is 2.22. The van der Waals surface area contributed by atoms with Crippen LogP contribution in [0.15, 0.2) is 30.3 Å². The van der Waals surface area contributed by atoms with Crippen LogP contribution in [-0.4, -0.2) is 24.5 Å². The van der Waals surface area contributed by atoms with Crippen molar-refractivity contribution in [3.8, 4) is 0 Å². The molecule has 2 rings (SSSR count). The van der Waals surface area contributed by atoms with Gasteiger partial charge < -0.3 is 4.90 Å². The van der Waals surface area contributed by atoms with Gasteiger partial charge in [-0.1, -0.05) is 65.0 Å². The van der Waals surface area contributed by atoms with Gasteiger partial charge in [0.05, 0.1) is 0 Å². The molecule has 1 aromatic rings. The van der Waals surface area contributed by atoms with Crippen molar-refractivity contribution >= 4 is 0 Å². The van der Waals surface area contributed by atoms with Gasteiger partial charge in [-0.2, -0.15) is 0 Å². The number of hydrogen-bond acceptors (Lipinski definition) is 1. The Balaban J connectivity index is 0.000000741. The summed E-state index contributed by atoms with van der Waals surface area (Å²) in [5, 5.41) is 0. The van der Waals surface area contributed by atoms with Crippen LogP contribution in [0.3, 0.4) is 0 Å². The molecule has 110 valence electrons. The van der Waals surface area contributed by atoms with Gasteiger partial charge in [0.2, 0.25) is 0 Å². The van der Waals surface area contributed by atoms with Crippen LogP contribution in [0.5, 0.6) is 0 Å². The van der Waals surface area contributed by atoms with Gasteiger partial charge in [0.15, 0.2) is 0 Å². The maximum atomic E-state index is 2.60. The molecule has 1 nitrogen and oxygen atoms in total. The molecule has 1 aromatic carbocycles. The minimum atomic E-state index is 0.943. The lowest BCUT2D eigenvalue weighted by atomic mass is 9.99. The summed E-state index contributed by atoms with van der Waals surface area (Å²) in [5.74, 6) is 0.943. The molecule has 0 amide bonds. The van der Waals surface area contributed by atoms with E-state index in [1.165, 1.54) is 44.5 Å². The number of nitrogens with zero attached hydrogens (tertiary/aromatic N) is 1. The predicted molar refractivity (Wildman–Crippen MR) is 87.7 cm³/mol. The van der Waals surface area contributed by atoms with Crippen LogP contribution < -0.4 is 0 Å². The summed E-state index contributed by atoms with van der Waals surface area (Å²) in [6.45, 7) is 14.2. The Morgan fingerprint density at radius 2 is 1.47 bits per heavy atom. The number of likely N-dealkylation sites (tertiary alicyclic amines) is 1. The van der Waals surface area contributed by atoms with Crippen molar-refractivity contribution in [2.75, 3.05) is 19.6 Å². The highest BCUT2D eigenvalue weighted by atomic mass is 15.1. The van der Waals surface area contributed by atoms with E-state index in [9.17, 15) is 0 Å². The first-order valence-electron chi connectivity index (χ1n) is 8.11. The molecule has 0 aromatic heterocycles. The average molecular weight is 263 g/mol. The predicted octanol–water partition coefficient (Wildman–Crippen LogP) is 5.01. The van der Waals surface area contributed by atoms with E-state index >= 15 is 0 Å². The highest BCUT2D eigenvalue weighted by Gasteiger charge is 2.14. The van der Waals surface area contributed by atoms with Crippen molar-refractivity contribution in [3.63, 3.8) is 0 Å². The molecular formula is C18H33N. The van der Waals surface area contributed by atoms with Gasteiger partial charge in [-0.25, -0.2) is 0 Å². The molecule has 0 atom stereocenters. The van der Waals surface area contributed by atoms with E-state index in [4.69, 9.17) is 0 Å². The molecular weight excluding hydrogens is 230 g/mol. The molecule has 1 heteroatoms. The van der Waals surface area contributed by atoms with Gasteiger partial charge in [-0.15, -0.1) is 0 Å². The van der Waals surface area contributed by atoms with Gasteiger partial charge >= 0.3 is 0 Å². The number of hydrogen-bond donors (Lipinski definition) is 0. The van der Waals surface area contributed by atoms with Crippen molar-refractivity contribution < 1.29 is 0 Å². The van der Waals surface area contributed by atoms with Gasteiger partial charge in [0.25, 0.3) is 0 Å². The Labute approximate surface area is 121 Å². The summed E-state index contributed by atoms with van der Waals surface area (Å²) >= 11 is 0. The lowest BCUT2D eigenvalue weighted by molar-refractivity contribution is 0.194. The largest absolute Gasteiger partial charge is 0.303 e. The van der Waals surface area contributed by atoms with Crippen LogP contribution in [0, 0.1) is 5.92 Å². The summed E-state index contributed by atoms with van der Waals surface area (Å²) in [6.07, 6.45) is 3.97. The Kier molecular flexibility index (Phi) is 11.7. The van der Waals surface area contributed by atoms with E-state index in [2.05, 4.69) is 42.2 Å². The van der Waals surface area contributed by atoms with Crippen LogP contribution in [0.25, 0.3) is 0 Å². The van der Waals surface area contributed by atoms with Gasteiger partial charge in [-0.3, -0.25) is 0 Å². The van der Waals surface area contributed by atoms with Crippen molar-refractivity contribution in [3.05, 3.63) is 35.9 Å². The Hall–Kier alpha value is -0.820.